The Kier molecular flexibility index (Phi) is 3.79. The number of aromatic nitrogens is 5. The summed E-state index contributed by atoms with van der Waals surface area (Å²) in [6.07, 6.45) is 4.90. The van der Waals surface area contributed by atoms with Crippen molar-refractivity contribution in [2.75, 3.05) is 10.7 Å². The van der Waals surface area contributed by atoms with E-state index in [4.69, 9.17) is 5.84 Å². The fourth-order valence-electron chi connectivity index (χ4n) is 1.41. The van der Waals surface area contributed by atoms with Crippen molar-refractivity contribution < 1.29 is 5.11 Å². The molecule has 21 heavy (non-hydrogen) atoms. The van der Waals surface area contributed by atoms with E-state index < -0.39 is 11.1 Å². The Balaban J connectivity index is 2.38. The molecule has 0 aliphatic carbocycles. The van der Waals surface area contributed by atoms with E-state index in [0.29, 0.717) is 11.9 Å². The van der Waals surface area contributed by atoms with Gasteiger partial charge in [0.2, 0.25) is 17.8 Å². The van der Waals surface area contributed by atoms with Crippen molar-refractivity contribution in [2.45, 2.75) is 38.8 Å². The summed E-state index contributed by atoms with van der Waals surface area (Å²) in [5.41, 5.74) is 0.754. The van der Waals surface area contributed by atoms with Gasteiger partial charge in [0.25, 0.3) is 0 Å². The summed E-state index contributed by atoms with van der Waals surface area (Å²) < 4.78 is 1.63. The van der Waals surface area contributed by atoms with Crippen LogP contribution in [0, 0.1) is 0 Å². The highest BCUT2D eigenvalue weighted by Crippen LogP contribution is 2.24. The number of hydrogen-bond acceptors (Lipinski definition) is 8. The summed E-state index contributed by atoms with van der Waals surface area (Å²) in [6, 6.07) is 0. The smallest absolute Gasteiger partial charge is 0.243 e. The quantitative estimate of drug-likeness (QED) is 0.458. The molecule has 0 fully saturated rings. The molecule has 0 spiro atoms. The number of imidazole rings is 1. The minimum Gasteiger partial charge on any atom is -0.388 e. The fourth-order valence-corrected chi connectivity index (χ4v) is 1.41. The van der Waals surface area contributed by atoms with E-state index >= 15 is 0 Å². The van der Waals surface area contributed by atoms with Gasteiger partial charge in [-0.2, -0.15) is 15.0 Å². The molecule has 0 unspecified atom stereocenters. The maximum Gasteiger partial charge on any atom is 0.243 e. The van der Waals surface area contributed by atoms with E-state index in [2.05, 4.69) is 30.7 Å². The number of nitrogens with zero attached hydrogens (tertiary/aromatic N) is 5. The van der Waals surface area contributed by atoms with E-state index in [1.54, 1.807) is 37.1 Å². The van der Waals surface area contributed by atoms with Gasteiger partial charge in [-0.15, -0.1) is 0 Å². The van der Waals surface area contributed by atoms with Crippen molar-refractivity contribution in [3.63, 3.8) is 0 Å². The maximum absolute atomic E-state index is 10.2. The fraction of sp³-hybridized carbons (Fsp3) is 0.500. The normalized spacial score (nSPS) is 12.3. The lowest BCUT2D eigenvalue weighted by Gasteiger charge is -2.37. The topological polar surface area (TPSA) is 127 Å². The SMILES string of the molecule is CC(C)(O)C(C)(C)Nc1nc(NN)nc(-n2ccnc2)n1. The van der Waals surface area contributed by atoms with Crippen LogP contribution in [0.4, 0.5) is 11.9 Å². The highest BCUT2D eigenvalue weighted by Gasteiger charge is 2.35. The van der Waals surface area contributed by atoms with Crippen LogP contribution in [0.3, 0.4) is 0 Å². The van der Waals surface area contributed by atoms with Crippen LogP contribution >= 0.6 is 0 Å². The predicted molar refractivity (Wildman–Crippen MR) is 78.8 cm³/mol. The largest absolute Gasteiger partial charge is 0.388 e. The molecular formula is C12H20N8O. The van der Waals surface area contributed by atoms with Crippen molar-refractivity contribution >= 4 is 11.9 Å². The zero-order valence-electron chi connectivity index (χ0n) is 12.5. The van der Waals surface area contributed by atoms with Gasteiger partial charge in [0, 0.05) is 12.4 Å². The van der Waals surface area contributed by atoms with Gasteiger partial charge in [-0.05, 0) is 27.7 Å². The van der Waals surface area contributed by atoms with Gasteiger partial charge in [-0.25, -0.2) is 10.8 Å². The summed E-state index contributed by atoms with van der Waals surface area (Å²) in [4.78, 5) is 16.5. The highest BCUT2D eigenvalue weighted by atomic mass is 16.3. The lowest BCUT2D eigenvalue weighted by atomic mass is 9.86. The van der Waals surface area contributed by atoms with Crippen LogP contribution in [0.1, 0.15) is 27.7 Å². The Labute approximate surface area is 122 Å². The third-order valence-electron chi connectivity index (χ3n) is 3.44. The highest BCUT2D eigenvalue weighted by molar-refractivity contribution is 5.39. The van der Waals surface area contributed by atoms with Gasteiger partial charge >= 0.3 is 0 Å². The Bertz CT molecular complexity index is 602. The maximum atomic E-state index is 10.2. The molecule has 114 valence electrons. The number of hydrazine groups is 1. The van der Waals surface area contributed by atoms with Crippen LogP contribution < -0.4 is 16.6 Å². The number of nitrogen functional groups attached to an aromatic ring is 1. The first-order chi connectivity index (χ1) is 9.73. The molecule has 0 aliphatic heterocycles. The number of anilines is 2. The molecule has 2 rings (SSSR count). The standard InChI is InChI=1S/C12H20N8O/c1-11(2,12(3,4)21)18-8-15-9(19-13)17-10(16-8)20-6-5-14-7-20/h5-7,21H,13H2,1-4H3,(H2,15,16,17,18,19). The molecule has 0 saturated carbocycles. The van der Waals surface area contributed by atoms with E-state index in [1.807, 2.05) is 13.8 Å². The van der Waals surface area contributed by atoms with Crippen LogP contribution in [-0.4, -0.2) is 40.7 Å². The first-order valence-electron chi connectivity index (χ1n) is 6.44. The lowest BCUT2D eigenvalue weighted by molar-refractivity contribution is 0.0237. The first-order valence-corrected chi connectivity index (χ1v) is 6.44. The second-order valence-electron chi connectivity index (χ2n) is 5.71. The van der Waals surface area contributed by atoms with E-state index in [-0.39, 0.29) is 5.95 Å². The summed E-state index contributed by atoms with van der Waals surface area (Å²) in [6.45, 7) is 7.12. The molecule has 9 nitrogen and oxygen atoms in total. The molecule has 0 saturated heterocycles. The van der Waals surface area contributed by atoms with E-state index in [9.17, 15) is 5.11 Å². The van der Waals surface area contributed by atoms with Gasteiger partial charge in [-0.1, -0.05) is 0 Å². The zero-order chi connectivity index (χ0) is 15.7. The molecule has 0 bridgehead atoms. The Morgan fingerprint density at radius 2 is 1.81 bits per heavy atom. The minimum atomic E-state index is -0.981. The average Bonchev–Trinajstić information content (AvgIpc) is 2.90. The lowest BCUT2D eigenvalue weighted by Crippen LogP contribution is -2.51. The summed E-state index contributed by atoms with van der Waals surface area (Å²) in [5.74, 6) is 6.26. The predicted octanol–water partition coefficient (Wildman–Crippen LogP) is 0.304. The zero-order valence-corrected chi connectivity index (χ0v) is 12.5. The van der Waals surface area contributed by atoms with E-state index in [1.165, 1.54) is 0 Å². The molecular weight excluding hydrogens is 272 g/mol. The van der Waals surface area contributed by atoms with Gasteiger partial charge in [0.1, 0.15) is 6.33 Å². The number of nitrogens with one attached hydrogen (secondary N) is 2. The van der Waals surface area contributed by atoms with Gasteiger partial charge in [0.15, 0.2) is 0 Å². The Morgan fingerprint density at radius 3 is 2.33 bits per heavy atom. The Hall–Kier alpha value is -2.26. The van der Waals surface area contributed by atoms with Crippen LogP contribution in [0.5, 0.6) is 0 Å². The van der Waals surface area contributed by atoms with Crippen LogP contribution in [0.25, 0.3) is 5.95 Å². The number of rotatable bonds is 5. The van der Waals surface area contributed by atoms with Crippen molar-refractivity contribution in [1.29, 1.82) is 0 Å². The third-order valence-corrected chi connectivity index (χ3v) is 3.44. The van der Waals surface area contributed by atoms with E-state index in [0.717, 1.165) is 0 Å². The summed E-state index contributed by atoms with van der Waals surface area (Å²) in [5, 5.41) is 13.3. The second kappa shape index (κ2) is 5.26. The molecule has 0 atom stereocenters. The second-order valence-corrected chi connectivity index (χ2v) is 5.71. The minimum absolute atomic E-state index is 0.211. The molecule has 0 aromatic carbocycles. The monoisotopic (exact) mass is 292 g/mol. The molecule has 2 aromatic heterocycles. The molecule has 2 heterocycles. The Morgan fingerprint density at radius 1 is 1.14 bits per heavy atom. The molecule has 0 aliphatic rings. The molecule has 9 heteroatoms. The van der Waals surface area contributed by atoms with Crippen molar-refractivity contribution in [2.24, 2.45) is 5.84 Å². The first kappa shape index (κ1) is 15.1. The molecule has 0 amide bonds. The third kappa shape index (κ3) is 3.26. The molecule has 5 N–H and O–H groups in total. The number of hydrogen-bond donors (Lipinski definition) is 4. The van der Waals surface area contributed by atoms with Gasteiger partial charge in [0.05, 0.1) is 11.1 Å². The summed E-state index contributed by atoms with van der Waals surface area (Å²) >= 11 is 0. The molecule has 0 radical (unpaired) electrons. The van der Waals surface area contributed by atoms with Gasteiger partial charge < -0.3 is 10.4 Å². The van der Waals surface area contributed by atoms with Crippen LogP contribution in [0.2, 0.25) is 0 Å². The van der Waals surface area contributed by atoms with Crippen molar-refractivity contribution in [3.05, 3.63) is 18.7 Å². The molecule has 2 aromatic rings. The van der Waals surface area contributed by atoms with Crippen LogP contribution in [0.15, 0.2) is 18.7 Å². The van der Waals surface area contributed by atoms with Gasteiger partial charge in [-0.3, -0.25) is 9.99 Å². The summed E-state index contributed by atoms with van der Waals surface area (Å²) in [7, 11) is 0. The van der Waals surface area contributed by atoms with Crippen molar-refractivity contribution in [3.8, 4) is 5.95 Å². The number of nitrogens with two attached hydrogens (primary N) is 1. The van der Waals surface area contributed by atoms with Crippen molar-refractivity contribution in [1.82, 2.24) is 24.5 Å². The average molecular weight is 292 g/mol. The van der Waals surface area contributed by atoms with Crippen LogP contribution in [-0.2, 0) is 0 Å². The number of aliphatic hydroxyl groups is 1.